The van der Waals surface area contributed by atoms with Crippen molar-refractivity contribution in [1.82, 2.24) is 10.2 Å². The van der Waals surface area contributed by atoms with Gasteiger partial charge in [0.25, 0.3) is 11.1 Å². The molecule has 0 atom stereocenters. The minimum Gasteiger partial charge on any atom is -0.545 e. The number of carboxylic acids is 4. The highest BCUT2D eigenvalue weighted by molar-refractivity contribution is 6.04. The van der Waals surface area contributed by atoms with E-state index < -0.39 is 46.1 Å². The third-order valence-corrected chi connectivity index (χ3v) is 4.90. The van der Waals surface area contributed by atoms with Gasteiger partial charge in [0.1, 0.15) is 0 Å². The normalized spacial score (nSPS) is 9.19. The van der Waals surface area contributed by atoms with Crippen molar-refractivity contribution in [3.8, 4) is 0 Å². The first-order valence-corrected chi connectivity index (χ1v) is 10.6. The van der Waals surface area contributed by atoms with E-state index in [2.05, 4.69) is 10.2 Å². The van der Waals surface area contributed by atoms with Crippen LogP contribution in [-0.2, 0) is 0 Å². The molecule has 4 aromatic rings. The summed E-state index contributed by atoms with van der Waals surface area (Å²) in [5, 5.41) is 58.8. The fraction of sp³-hybridized carbons (Fsp3) is 0.0400. The average molecular weight is 579 g/mol. The molecule has 0 aliphatic heterocycles. The molecule has 0 saturated heterocycles. The predicted molar refractivity (Wildman–Crippen MR) is 139 cm³/mol. The summed E-state index contributed by atoms with van der Waals surface area (Å²) in [6.45, 7) is 0. The van der Waals surface area contributed by atoms with E-state index >= 15 is 0 Å². The number of nitrogens with one attached hydrogen (secondary N) is 2. The van der Waals surface area contributed by atoms with Crippen molar-refractivity contribution < 1.29 is 39.6 Å². The molecule has 0 unspecified atom stereocenters. The number of carbonyl (C=O) groups excluding carboxylic acids is 4. The predicted octanol–water partition coefficient (Wildman–Crippen LogP) is -3.54. The van der Waals surface area contributed by atoms with Crippen LogP contribution in [-0.4, -0.2) is 34.1 Å². The van der Waals surface area contributed by atoms with Gasteiger partial charge in [0.05, 0.1) is 34.6 Å². The van der Waals surface area contributed by atoms with Crippen LogP contribution in [0.5, 0.6) is 0 Å². The maximum absolute atomic E-state index is 11.2. The van der Waals surface area contributed by atoms with E-state index in [0.29, 0.717) is 11.1 Å². The van der Waals surface area contributed by atoms with Gasteiger partial charge in [-0.3, -0.25) is 19.8 Å². The molecule has 1 aromatic heterocycles. The van der Waals surface area contributed by atoms with E-state index in [0.717, 1.165) is 12.1 Å². The van der Waals surface area contributed by atoms with Gasteiger partial charge < -0.3 is 56.8 Å². The minimum absolute atomic E-state index is 0. The number of hydrogen-bond donors (Lipinski definition) is 5. The first kappa shape index (κ1) is 35.3. The highest BCUT2D eigenvalue weighted by atomic mass is 16.4. The molecule has 0 aliphatic rings. The van der Waals surface area contributed by atoms with Crippen LogP contribution < -0.4 is 48.7 Å². The molecular formula is C25H21N7O10-4. The number of aromatic amines is 2. The van der Waals surface area contributed by atoms with Crippen molar-refractivity contribution in [3.05, 3.63) is 97.6 Å². The molecule has 0 radical (unpaired) electrons. The van der Waals surface area contributed by atoms with Crippen molar-refractivity contribution in [2.75, 3.05) is 17.2 Å². The Kier molecular flexibility index (Phi) is 13.2. The number of anilines is 3. The summed E-state index contributed by atoms with van der Waals surface area (Å²) in [5.41, 5.74) is 13.3. The first-order valence-electron chi connectivity index (χ1n) is 10.6. The molecule has 220 valence electrons. The molecule has 4 rings (SSSR count). The molecule has 42 heavy (non-hydrogen) atoms. The van der Waals surface area contributed by atoms with Crippen molar-refractivity contribution in [2.24, 2.45) is 0 Å². The zero-order chi connectivity index (χ0) is 31.4. The van der Waals surface area contributed by atoms with E-state index in [-0.39, 0.29) is 35.3 Å². The summed E-state index contributed by atoms with van der Waals surface area (Å²) in [6, 6.07) is 12.2. The average Bonchev–Trinajstić information content (AvgIpc) is 2.92. The van der Waals surface area contributed by atoms with Crippen LogP contribution in [0.3, 0.4) is 0 Å². The maximum atomic E-state index is 11.2. The lowest BCUT2D eigenvalue weighted by atomic mass is 10.1. The van der Waals surface area contributed by atoms with Crippen LogP contribution in [0.25, 0.3) is 10.8 Å². The lowest BCUT2D eigenvalue weighted by Crippen LogP contribution is -2.30. The molecule has 3 aromatic carbocycles. The number of nitrogen functional groups attached to an aromatic ring is 3. The van der Waals surface area contributed by atoms with Crippen LogP contribution in [0.1, 0.15) is 48.9 Å². The molecule has 0 aliphatic carbocycles. The number of carbonyl (C=O) groups is 4. The number of H-pyrrole nitrogens is 2. The Bertz CT molecular complexity index is 1690. The van der Waals surface area contributed by atoms with Gasteiger partial charge in [0, 0.05) is 50.1 Å². The molecule has 0 fully saturated rings. The summed E-state index contributed by atoms with van der Waals surface area (Å²) in [7, 11) is 0. The van der Waals surface area contributed by atoms with Crippen LogP contribution in [0.2, 0.25) is 0 Å². The van der Waals surface area contributed by atoms with E-state index in [1.54, 1.807) is 18.2 Å². The zero-order valence-electron chi connectivity index (χ0n) is 20.4. The Morgan fingerprint density at radius 2 is 0.929 bits per heavy atom. The minimum atomic E-state index is -1.63. The molecular weight excluding hydrogens is 558 g/mol. The molecule has 0 spiro atoms. The van der Waals surface area contributed by atoms with E-state index in [1.165, 1.54) is 24.3 Å². The molecule has 17 nitrogen and oxygen atoms in total. The largest absolute Gasteiger partial charge is 0.545 e. The summed E-state index contributed by atoms with van der Waals surface area (Å²) in [4.78, 5) is 64.2. The van der Waals surface area contributed by atoms with Crippen molar-refractivity contribution >= 4 is 51.7 Å². The zero-order valence-corrected chi connectivity index (χ0v) is 20.4. The smallest absolute Gasteiger partial charge is 0.272 e. The second-order valence-corrected chi connectivity index (χ2v) is 7.37. The number of aromatic carboxylic acids is 4. The van der Waals surface area contributed by atoms with Crippen LogP contribution in [0.4, 0.5) is 17.1 Å². The van der Waals surface area contributed by atoms with Gasteiger partial charge in [-0.05, 0) is 24.3 Å². The third kappa shape index (κ3) is 8.40. The monoisotopic (exact) mass is 579 g/mol. The van der Waals surface area contributed by atoms with Crippen LogP contribution in [0, 0.1) is 10.8 Å². The number of nitrogens with two attached hydrogens (primary N) is 3. The van der Waals surface area contributed by atoms with E-state index in [9.17, 15) is 49.2 Å². The van der Waals surface area contributed by atoms with Crippen molar-refractivity contribution in [2.45, 2.75) is 7.43 Å². The van der Waals surface area contributed by atoms with E-state index in [1.807, 2.05) is 0 Å². The third-order valence-electron chi connectivity index (χ3n) is 4.90. The number of aromatic nitrogens is 2. The lowest BCUT2D eigenvalue weighted by Gasteiger charge is -2.12. The Morgan fingerprint density at radius 3 is 1.26 bits per heavy atom. The molecule has 0 saturated carbocycles. The van der Waals surface area contributed by atoms with Crippen molar-refractivity contribution in [3.63, 3.8) is 0 Å². The van der Waals surface area contributed by atoms with Gasteiger partial charge in [-0.25, -0.2) is 0 Å². The summed E-state index contributed by atoms with van der Waals surface area (Å²) in [5.74, 6) is -6.44. The van der Waals surface area contributed by atoms with Crippen molar-refractivity contribution in [1.29, 1.82) is 10.8 Å². The van der Waals surface area contributed by atoms with Gasteiger partial charge in [-0.1, -0.05) is 37.8 Å². The lowest BCUT2D eigenvalue weighted by molar-refractivity contribution is -0.259. The maximum Gasteiger partial charge on any atom is 0.272 e. The number of nitrogens with zero attached hydrogens (tertiary/aromatic N) is 2. The van der Waals surface area contributed by atoms with Gasteiger partial charge in [-0.15, -0.1) is 0 Å². The Labute approximate surface area is 234 Å². The van der Waals surface area contributed by atoms with Gasteiger partial charge >= 0.3 is 0 Å². The summed E-state index contributed by atoms with van der Waals surface area (Å²) >= 11 is 0. The highest BCUT2D eigenvalue weighted by Gasteiger charge is 2.08. The molecule has 0 amide bonds. The van der Waals surface area contributed by atoms with Gasteiger partial charge in [0.2, 0.25) is 0 Å². The number of carboxylic acid groups (broad SMARTS) is 4. The Morgan fingerprint density at radius 1 is 0.571 bits per heavy atom. The first-order chi connectivity index (χ1) is 19.3. The van der Waals surface area contributed by atoms with Crippen LogP contribution >= 0.6 is 0 Å². The Balaban J connectivity index is 0.000000576. The highest BCUT2D eigenvalue weighted by Crippen LogP contribution is 2.16. The number of benzene rings is 3. The molecule has 1 heterocycles. The number of fused-ring (bicyclic) bond motifs is 1. The van der Waals surface area contributed by atoms with Gasteiger partial charge in [-0.2, -0.15) is 0 Å². The second-order valence-electron chi connectivity index (χ2n) is 7.37. The molecule has 0 bridgehead atoms. The number of hydrogen-bond acceptors (Lipinski definition) is 15. The Hall–Kier alpha value is -6.70. The SMILES string of the molecule is C.N#N.Nc1cccc(C(=O)[O-])c1C(=O)[O-].Nc1cccc(C(=O)[O-])c1C(=O)[O-].Nc1cccc2c(=O)[nH][nH]c(=O)c12. The van der Waals surface area contributed by atoms with Gasteiger partial charge in [0.15, 0.2) is 0 Å². The molecule has 8 N–H and O–H groups in total. The standard InChI is InChI=1S/C8H7N3O2.2C8H7NO4.CH4.N2/c9-5-3-1-2-4-6(5)8(13)11-10-7(4)12;2*9-5-3-1-2-4(7(10)11)6(5)8(12)13;;1-2/h1-3H,9H2,(H,10,12)(H,11,13);2*1-3H,9H2,(H,10,11)(H,12,13);1H4;/p-4. The summed E-state index contributed by atoms with van der Waals surface area (Å²) in [6.07, 6.45) is 0. The topological polar surface area (TPSA) is 352 Å². The molecule has 17 heteroatoms. The van der Waals surface area contributed by atoms with Crippen LogP contribution in [0.15, 0.2) is 64.2 Å². The second kappa shape index (κ2) is 15.6. The summed E-state index contributed by atoms with van der Waals surface area (Å²) < 4.78 is 0. The van der Waals surface area contributed by atoms with E-state index in [4.69, 9.17) is 28.0 Å². The quantitative estimate of drug-likeness (QED) is 0.115. The number of rotatable bonds is 4. The fourth-order valence-electron chi connectivity index (χ4n) is 3.19. The fourth-order valence-corrected chi connectivity index (χ4v) is 3.19.